The van der Waals surface area contributed by atoms with Crippen molar-refractivity contribution in [1.29, 1.82) is 0 Å². The average molecular weight is 583 g/mol. The third kappa shape index (κ3) is 6.16. The molecule has 2 aromatic rings. The summed E-state index contributed by atoms with van der Waals surface area (Å²) in [5.41, 5.74) is 2.11. The Labute approximate surface area is 244 Å². The van der Waals surface area contributed by atoms with Gasteiger partial charge in [-0.2, -0.15) is 0 Å². The summed E-state index contributed by atoms with van der Waals surface area (Å²) in [6, 6.07) is 8.32. The number of aliphatic hydroxyl groups is 3. The van der Waals surface area contributed by atoms with E-state index >= 15 is 0 Å². The van der Waals surface area contributed by atoms with Crippen molar-refractivity contribution in [1.82, 2.24) is 10.2 Å². The van der Waals surface area contributed by atoms with Crippen LogP contribution in [-0.2, 0) is 22.7 Å². The van der Waals surface area contributed by atoms with Gasteiger partial charge in [0.2, 0.25) is 11.8 Å². The topological polar surface area (TPSA) is 129 Å². The number of carbonyl (C=O) groups is 2. The third-order valence-corrected chi connectivity index (χ3v) is 8.68. The molecule has 0 saturated heterocycles. The van der Waals surface area contributed by atoms with Crippen molar-refractivity contribution in [3.63, 3.8) is 0 Å². The summed E-state index contributed by atoms with van der Waals surface area (Å²) >= 11 is 0. The first-order chi connectivity index (χ1) is 20.3. The molecule has 2 aromatic carbocycles. The fourth-order valence-corrected chi connectivity index (χ4v) is 6.54. The van der Waals surface area contributed by atoms with E-state index in [1.54, 1.807) is 35.2 Å². The van der Waals surface area contributed by atoms with Crippen molar-refractivity contribution in [3.8, 4) is 11.5 Å². The van der Waals surface area contributed by atoms with Gasteiger partial charge in [0.05, 0.1) is 32.3 Å². The average Bonchev–Trinajstić information content (AvgIpc) is 3.67. The highest BCUT2D eigenvalue weighted by atomic mass is 19.1. The number of halogens is 1. The van der Waals surface area contributed by atoms with Gasteiger partial charge >= 0.3 is 0 Å². The Kier molecular flexibility index (Phi) is 9.45. The zero-order valence-electron chi connectivity index (χ0n) is 23.8. The second kappa shape index (κ2) is 13.2. The molecular weight excluding hydrogens is 543 g/mol. The van der Waals surface area contributed by atoms with Crippen molar-refractivity contribution >= 4 is 11.8 Å². The van der Waals surface area contributed by atoms with Crippen LogP contribution in [-0.4, -0.2) is 70.5 Å². The quantitative estimate of drug-likeness (QED) is 0.321. The number of rotatable bonds is 11. The van der Waals surface area contributed by atoms with Crippen LogP contribution in [0.5, 0.6) is 11.5 Å². The summed E-state index contributed by atoms with van der Waals surface area (Å²) in [6.07, 6.45) is 5.03. The molecule has 1 heterocycles. The van der Waals surface area contributed by atoms with E-state index in [2.05, 4.69) is 5.32 Å². The zero-order valence-corrected chi connectivity index (χ0v) is 23.8. The number of fused-ring (bicyclic) bond motifs is 3. The van der Waals surface area contributed by atoms with Crippen LogP contribution in [0.4, 0.5) is 4.39 Å². The molecule has 1 aliphatic heterocycles. The largest absolute Gasteiger partial charge is 0.493 e. The molecular formula is C32H39FN2O7. The van der Waals surface area contributed by atoms with Crippen LogP contribution in [0.1, 0.15) is 61.1 Å². The van der Waals surface area contributed by atoms with Gasteiger partial charge in [0, 0.05) is 30.6 Å². The summed E-state index contributed by atoms with van der Waals surface area (Å²) in [6.45, 7) is -0.391. The molecule has 1 saturated carbocycles. The molecule has 0 aromatic heterocycles. The van der Waals surface area contributed by atoms with E-state index in [9.17, 15) is 29.3 Å². The molecule has 42 heavy (non-hydrogen) atoms. The number of aliphatic hydroxyl groups excluding tert-OH is 3. The van der Waals surface area contributed by atoms with Gasteiger partial charge in [-0.1, -0.05) is 37.8 Å². The first kappa shape index (κ1) is 30.0. The highest BCUT2D eigenvalue weighted by molar-refractivity contribution is 5.96. The second-order valence-electron chi connectivity index (χ2n) is 11.4. The van der Waals surface area contributed by atoms with E-state index in [1.165, 1.54) is 19.2 Å². The van der Waals surface area contributed by atoms with Crippen LogP contribution >= 0.6 is 0 Å². The first-order valence-electron chi connectivity index (χ1n) is 14.7. The molecule has 10 heteroatoms. The molecule has 226 valence electrons. The predicted octanol–water partition coefficient (Wildman–Crippen LogP) is 2.95. The van der Waals surface area contributed by atoms with Gasteiger partial charge in [-0.25, -0.2) is 4.39 Å². The molecule has 0 bridgehead atoms. The number of hydrogen-bond donors (Lipinski definition) is 4. The lowest BCUT2D eigenvalue weighted by Crippen LogP contribution is -2.55. The van der Waals surface area contributed by atoms with Crippen LogP contribution < -0.4 is 14.8 Å². The summed E-state index contributed by atoms with van der Waals surface area (Å²) in [5, 5.41) is 33.7. The van der Waals surface area contributed by atoms with Crippen LogP contribution in [0.15, 0.2) is 48.0 Å². The van der Waals surface area contributed by atoms with Crippen LogP contribution in [0.2, 0.25) is 0 Å². The summed E-state index contributed by atoms with van der Waals surface area (Å²) in [5.74, 6) is -0.514. The summed E-state index contributed by atoms with van der Waals surface area (Å²) in [4.78, 5) is 28.9. The predicted molar refractivity (Wildman–Crippen MR) is 152 cm³/mol. The van der Waals surface area contributed by atoms with Gasteiger partial charge in [0.1, 0.15) is 18.0 Å². The minimum absolute atomic E-state index is 0.0219. The highest BCUT2D eigenvalue weighted by Crippen LogP contribution is 2.51. The molecule has 3 aliphatic rings. The number of nitrogens with one attached hydrogen (secondary N) is 1. The van der Waals surface area contributed by atoms with Crippen molar-refractivity contribution in [2.24, 2.45) is 5.92 Å². The van der Waals surface area contributed by atoms with Crippen molar-refractivity contribution in [2.45, 2.75) is 75.8 Å². The maximum Gasteiger partial charge on any atom is 0.247 e. The van der Waals surface area contributed by atoms with E-state index in [0.29, 0.717) is 34.1 Å². The highest BCUT2D eigenvalue weighted by Gasteiger charge is 2.51. The van der Waals surface area contributed by atoms with Crippen LogP contribution in [0.3, 0.4) is 0 Å². The normalized spacial score (nSPS) is 23.0. The van der Waals surface area contributed by atoms with Crippen molar-refractivity contribution < 1.29 is 38.8 Å². The van der Waals surface area contributed by atoms with Gasteiger partial charge in [-0.15, -0.1) is 0 Å². The van der Waals surface area contributed by atoms with Crippen molar-refractivity contribution in [2.75, 3.05) is 20.3 Å². The van der Waals surface area contributed by atoms with Gasteiger partial charge < -0.3 is 35.0 Å². The Morgan fingerprint density at radius 3 is 2.52 bits per heavy atom. The van der Waals surface area contributed by atoms with Crippen LogP contribution in [0.25, 0.3) is 0 Å². The van der Waals surface area contributed by atoms with Crippen molar-refractivity contribution in [3.05, 3.63) is 70.6 Å². The fourth-order valence-electron chi connectivity index (χ4n) is 6.54. The molecule has 4 atom stereocenters. The second-order valence-corrected chi connectivity index (χ2v) is 11.4. The maximum absolute atomic E-state index is 13.8. The summed E-state index contributed by atoms with van der Waals surface area (Å²) < 4.78 is 25.5. The molecule has 2 aliphatic carbocycles. The molecule has 4 N–H and O–H groups in total. The SMILES string of the molecule is COc1cc(CO)cc2c1O[C@@H]1[C@@H](O)[C@H](N(Cc3ccc(F)cc3)C(=O)CCC3CCCC3)C=C(C(=O)NCCO)[C@H]21. The van der Waals surface area contributed by atoms with E-state index < -0.39 is 35.9 Å². The third-order valence-electron chi connectivity index (χ3n) is 8.68. The van der Waals surface area contributed by atoms with Gasteiger partial charge in [-0.3, -0.25) is 9.59 Å². The van der Waals surface area contributed by atoms with E-state index in [1.807, 2.05) is 0 Å². The number of amides is 2. The molecule has 9 nitrogen and oxygen atoms in total. The lowest BCUT2D eigenvalue weighted by molar-refractivity contribution is -0.138. The number of methoxy groups -OCH3 is 1. The van der Waals surface area contributed by atoms with Gasteiger partial charge in [0.15, 0.2) is 11.5 Å². The Morgan fingerprint density at radius 1 is 1.12 bits per heavy atom. The number of hydrogen-bond acceptors (Lipinski definition) is 7. The standard InChI is InChI=1S/C32H39FN2O7/c1-41-26-15-21(18-37)14-23-28-24(32(40)34-12-13-36)16-25(29(39)31(28)42-30(23)26)35(17-20-6-9-22(33)10-7-20)27(38)11-8-19-4-2-3-5-19/h6-7,9-10,14-16,19,25,28-29,31,36-37,39H,2-5,8,11-13,17-18H2,1H3,(H,34,40)/t25-,28+,29+,31+/m1/s1. The maximum atomic E-state index is 13.8. The number of nitrogens with zero attached hydrogens (tertiary/aromatic N) is 1. The Morgan fingerprint density at radius 2 is 1.86 bits per heavy atom. The lowest BCUT2D eigenvalue weighted by atomic mass is 9.77. The van der Waals surface area contributed by atoms with E-state index in [-0.39, 0.29) is 44.2 Å². The molecule has 0 unspecified atom stereocenters. The molecule has 0 radical (unpaired) electrons. The van der Waals surface area contributed by atoms with E-state index in [0.717, 1.165) is 32.1 Å². The smallest absolute Gasteiger partial charge is 0.247 e. The number of carbonyl (C=O) groups excluding carboxylic acids is 2. The van der Waals surface area contributed by atoms with E-state index in [4.69, 9.17) is 9.47 Å². The van der Waals surface area contributed by atoms with Gasteiger partial charge in [-0.05, 0) is 53.8 Å². The molecule has 2 amide bonds. The lowest BCUT2D eigenvalue weighted by Gasteiger charge is -2.41. The fraction of sp³-hybridized carbons (Fsp3) is 0.500. The Bertz CT molecular complexity index is 1310. The minimum atomic E-state index is -1.21. The molecule has 0 spiro atoms. The Balaban J connectivity index is 1.54. The summed E-state index contributed by atoms with van der Waals surface area (Å²) in [7, 11) is 1.47. The monoisotopic (exact) mass is 582 g/mol. The number of ether oxygens (including phenoxy) is 2. The van der Waals surface area contributed by atoms with Gasteiger partial charge in [0.25, 0.3) is 0 Å². The number of benzene rings is 2. The zero-order chi connectivity index (χ0) is 29.8. The van der Waals surface area contributed by atoms with Crippen LogP contribution in [0, 0.1) is 11.7 Å². The molecule has 5 rings (SSSR count). The minimum Gasteiger partial charge on any atom is -0.493 e. The molecule has 1 fully saturated rings. The first-order valence-corrected chi connectivity index (χ1v) is 14.7. The Hall–Kier alpha value is -3.47.